The summed E-state index contributed by atoms with van der Waals surface area (Å²) in [5, 5.41) is 3.71. The molecule has 0 aliphatic heterocycles. The van der Waals surface area contributed by atoms with Gasteiger partial charge in [0.05, 0.1) is 0 Å². The molecule has 0 saturated carbocycles. The summed E-state index contributed by atoms with van der Waals surface area (Å²) in [5.41, 5.74) is 6.77. The van der Waals surface area contributed by atoms with Crippen molar-refractivity contribution in [1.82, 2.24) is 5.32 Å². The van der Waals surface area contributed by atoms with Crippen molar-refractivity contribution in [3.05, 3.63) is 34.9 Å². The molecule has 0 aliphatic carbocycles. The molecule has 0 fully saturated rings. The quantitative estimate of drug-likeness (QED) is 0.496. The van der Waals surface area contributed by atoms with Gasteiger partial charge in [0.25, 0.3) is 0 Å². The number of hydrogen-bond donors (Lipinski definition) is 2. The first-order valence-corrected chi connectivity index (χ1v) is 5.38. The highest BCUT2D eigenvalue weighted by atomic mass is 127. The largest absolute Gasteiger partial charge is 0.370 e. The van der Waals surface area contributed by atoms with Crippen LogP contribution in [0.1, 0.15) is 12.5 Å². The molecule has 0 bridgehead atoms. The predicted molar refractivity (Wildman–Crippen MR) is 80.7 cm³/mol. The van der Waals surface area contributed by atoms with Crippen molar-refractivity contribution in [1.29, 1.82) is 0 Å². The van der Waals surface area contributed by atoms with E-state index in [1.165, 1.54) is 5.56 Å². The lowest BCUT2D eigenvalue weighted by molar-refractivity contribution is 0.905. The molecule has 0 unspecified atom stereocenters. The lowest BCUT2D eigenvalue weighted by atomic mass is 10.1. The van der Waals surface area contributed by atoms with E-state index in [2.05, 4.69) is 10.3 Å². The molecule has 0 amide bonds. The van der Waals surface area contributed by atoms with Gasteiger partial charge in [-0.25, -0.2) is 0 Å². The molecule has 5 heteroatoms. The third-order valence-electron chi connectivity index (χ3n) is 1.93. The Labute approximate surface area is 118 Å². The minimum absolute atomic E-state index is 0. The molecule has 1 aromatic carbocycles. The van der Waals surface area contributed by atoms with Crippen LogP contribution in [0.25, 0.3) is 0 Å². The zero-order valence-electron chi connectivity index (χ0n) is 9.24. The number of guanidine groups is 1. The van der Waals surface area contributed by atoms with E-state index in [1.54, 1.807) is 0 Å². The van der Waals surface area contributed by atoms with E-state index in [0.717, 1.165) is 18.0 Å². The zero-order chi connectivity index (χ0) is 11.1. The highest BCUT2D eigenvalue weighted by molar-refractivity contribution is 14.0. The molecule has 0 aliphatic rings. The summed E-state index contributed by atoms with van der Waals surface area (Å²) < 4.78 is 0. The normalized spacial score (nSPS) is 10.8. The first-order valence-electron chi connectivity index (χ1n) is 5.00. The first kappa shape index (κ1) is 15.5. The summed E-state index contributed by atoms with van der Waals surface area (Å²) in [5.74, 6) is 0.500. The molecule has 0 spiro atoms. The number of nitrogens with two attached hydrogens (primary N) is 1. The van der Waals surface area contributed by atoms with Gasteiger partial charge < -0.3 is 11.1 Å². The van der Waals surface area contributed by atoms with Crippen LogP contribution >= 0.6 is 35.6 Å². The minimum atomic E-state index is 0. The van der Waals surface area contributed by atoms with Crippen LogP contribution in [-0.2, 0) is 6.42 Å². The van der Waals surface area contributed by atoms with Crippen LogP contribution < -0.4 is 11.1 Å². The van der Waals surface area contributed by atoms with E-state index in [1.807, 2.05) is 31.2 Å². The number of hydrogen-bond acceptors (Lipinski definition) is 1. The van der Waals surface area contributed by atoms with Gasteiger partial charge in [0, 0.05) is 18.1 Å². The molecule has 3 N–H and O–H groups in total. The summed E-state index contributed by atoms with van der Waals surface area (Å²) in [4.78, 5) is 4.18. The summed E-state index contributed by atoms with van der Waals surface area (Å²) in [6, 6.07) is 7.78. The van der Waals surface area contributed by atoms with Gasteiger partial charge in [-0.1, -0.05) is 23.7 Å². The number of nitrogens with one attached hydrogen (secondary N) is 1. The zero-order valence-corrected chi connectivity index (χ0v) is 12.3. The van der Waals surface area contributed by atoms with E-state index in [4.69, 9.17) is 17.3 Å². The lowest BCUT2D eigenvalue weighted by Gasteiger charge is -2.02. The van der Waals surface area contributed by atoms with Crippen molar-refractivity contribution in [2.75, 3.05) is 13.1 Å². The molecule has 0 aromatic heterocycles. The Balaban J connectivity index is 0.00000225. The maximum Gasteiger partial charge on any atom is 0.188 e. The molecule has 0 heterocycles. The molecular formula is C11H17ClIN3. The minimum Gasteiger partial charge on any atom is -0.370 e. The Hall–Kier alpha value is -0.490. The topological polar surface area (TPSA) is 50.4 Å². The van der Waals surface area contributed by atoms with Crippen molar-refractivity contribution in [2.24, 2.45) is 10.7 Å². The van der Waals surface area contributed by atoms with E-state index in [0.29, 0.717) is 12.5 Å². The van der Waals surface area contributed by atoms with Crippen LogP contribution in [0.3, 0.4) is 0 Å². The van der Waals surface area contributed by atoms with Gasteiger partial charge in [0.2, 0.25) is 0 Å². The van der Waals surface area contributed by atoms with Crippen LogP contribution in [0.2, 0.25) is 5.02 Å². The fraction of sp³-hybridized carbons (Fsp3) is 0.364. The Kier molecular flexibility index (Phi) is 8.37. The fourth-order valence-corrected chi connectivity index (χ4v) is 1.45. The molecule has 1 aromatic rings. The Morgan fingerprint density at radius 2 is 2.25 bits per heavy atom. The van der Waals surface area contributed by atoms with Gasteiger partial charge in [0.1, 0.15) is 0 Å². The number of benzene rings is 1. The van der Waals surface area contributed by atoms with E-state index >= 15 is 0 Å². The van der Waals surface area contributed by atoms with Gasteiger partial charge in [-0.05, 0) is 31.0 Å². The van der Waals surface area contributed by atoms with E-state index in [9.17, 15) is 0 Å². The van der Waals surface area contributed by atoms with Crippen LogP contribution in [-0.4, -0.2) is 19.0 Å². The van der Waals surface area contributed by atoms with Gasteiger partial charge in [-0.3, -0.25) is 4.99 Å². The lowest BCUT2D eigenvalue weighted by Crippen LogP contribution is -2.31. The molecule has 0 saturated heterocycles. The highest BCUT2D eigenvalue weighted by Gasteiger charge is 1.94. The molecule has 90 valence electrons. The third-order valence-corrected chi connectivity index (χ3v) is 2.16. The number of nitrogens with zero attached hydrogens (tertiary/aromatic N) is 1. The van der Waals surface area contributed by atoms with Gasteiger partial charge in [-0.15, -0.1) is 24.0 Å². The summed E-state index contributed by atoms with van der Waals surface area (Å²) in [6.45, 7) is 3.46. The molecule has 0 radical (unpaired) electrons. The van der Waals surface area contributed by atoms with E-state index < -0.39 is 0 Å². The van der Waals surface area contributed by atoms with E-state index in [-0.39, 0.29) is 24.0 Å². The summed E-state index contributed by atoms with van der Waals surface area (Å²) >= 11 is 5.86. The smallest absolute Gasteiger partial charge is 0.188 e. The monoisotopic (exact) mass is 353 g/mol. The number of rotatable bonds is 4. The SMILES string of the molecule is CCNC(N)=NCCc1cccc(Cl)c1.I. The van der Waals surface area contributed by atoms with Crippen molar-refractivity contribution in [3.8, 4) is 0 Å². The standard InChI is InChI=1S/C11H16ClN3.HI/c1-2-14-11(13)15-7-6-9-4-3-5-10(12)8-9;/h3-5,8H,2,6-7H2,1H3,(H3,13,14,15);1H. The first-order chi connectivity index (χ1) is 7.22. The molecule has 16 heavy (non-hydrogen) atoms. The average Bonchev–Trinajstić information content (AvgIpc) is 2.18. The van der Waals surface area contributed by atoms with Gasteiger partial charge >= 0.3 is 0 Å². The maximum atomic E-state index is 5.86. The summed E-state index contributed by atoms with van der Waals surface area (Å²) in [7, 11) is 0. The molecule has 0 atom stereocenters. The maximum absolute atomic E-state index is 5.86. The second kappa shape index (κ2) is 8.64. The van der Waals surface area contributed by atoms with Crippen molar-refractivity contribution in [2.45, 2.75) is 13.3 Å². The molecule has 1 rings (SSSR count). The van der Waals surface area contributed by atoms with Crippen molar-refractivity contribution >= 4 is 41.5 Å². The number of aliphatic imine (C=N–C) groups is 1. The van der Waals surface area contributed by atoms with Gasteiger partial charge in [-0.2, -0.15) is 0 Å². The Bertz CT molecular complexity index is 342. The third kappa shape index (κ3) is 6.17. The summed E-state index contributed by atoms with van der Waals surface area (Å²) in [6.07, 6.45) is 0.854. The molecule has 3 nitrogen and oxygen atoms in total. The number of halogens is 2. The average molecular weight is 354 g/mol. The van der Waals surface area contributed by atoms with Crippen molar-refractivity contribution < 1.29 is 0 Å². The van der Waals surface area contributed by atoms with Crippen LogP contribution in [0.15, 0.2) is 29.3 Å². The van der Waals surface area contributed by atoms with Crippen LogP contribution in [0.4, 0.5) is 0 Å². The predicted octanol–water partition coefficient (Wildman–Crippen LogP) is 2.42. The Morgan fingerprint density at radius 3 is 2.88 bits per heavy atom. The Morgan fingerprint density at radius 1 is 1.50 bits per heavy atom. The molecular weight excluding hydrogens is 336 g/mol. The second-order valence-electron chi connectivity index (χ2n) is 3.18. The fourth-order valence-electron chi connectivity index (χ4n) is 1.23. The highest BCUT2D eigenvalue weighted by Crippen LogP contribution is 2.10. The second-order valence-corrected chi connectivity index (χ2v) is 3.61. The van der Waals surface area contributed by atoms with Crippen LogP contribution in [0.5, 0.6) is 0 Å². The van der Waals surface area contributed by atoms with Crippen LogP contribution in [0, 0.1) is 0 Å². The van der Waals surface area contributed by atoms with Gasteiger partial charge in [0.15, 0.2) is 5.96 Å². The van der Waals surface area contributed by atoms with Crippen molar-refractivity contribution in [3.63, 3.8) is 0 Å².